The first kappa shape index (κ1) is 8.24. The highest BCUT2D eigenvalue weighted by atomic mass is 35.5. The van der Waals surface area contributed by atoms with E-state index in [1.54, 1.807) is 12.3 Å². The third-order valence-electron chi connectivity index (χ3n) is 1.04. The van der Waals surface area contributed by atoms with Crippen molar-refractivity contribution in [3.05, 3.63) is 30.1 Å². The van der Waals surface area contributed by atoms with E-state index in [-0.39, 0.29) is 12.4 Å². The van der Waals surface area contributed by atoms with Gasteiger partial charge in [-0.25, -0.2) is 0 Å². The Morgan fingerprint density at radius 2 is 2.11 bits per heavy atom. The number of pyridine rings is 1. The minimum atomic E-state index is 0. The van der Waals surface area contributed by atoms with Gasteiger partial charge in [0.2, 0.25) is 11.9 Å². The van der Waals surface area contributed by atoms with Crippen LogP contribution in [0.4, 0.5) is 0 Å². The van der Waals surface area contributed by atoms with Crippen molar-refractivity contribution in [1.82, 2.24) is 0 Å². The van der Waals surface area contributed by atoms with Crippen LogP contribution < -0.4 is 17.1 Å². The first-order valence-electron chi connectivity index (χ1n) is 2.47. The van der Waals surface area contributed by atoms with Gasteiger partial charge in [0, 0.05) is 23.8 Å². The predicted octanol–water partition coefficient (Wildman–Crippen LogP) is -2.48. The zero-order valence-electron chi connectivity index (χ0n) is 5.08. The molecule has 9 heavy (non-hydrogen) atoms. The molecule has 0 radical (unpaired) electrons. The Balaban J connectivity index is 0.000000640. The smallest absolute Gasteiger partial charge is 0.231 e. The van der Waals surface area contributed by atoms with Crippen molar-refractivity contribution in [1.29, 1.82) is 0 Å². The Hall–Kier alpha value is -0.760. The summed E-state index contributed by atoms with van der Waals surface area (Å²) in [4.78, 5) is 0. The lowest BCUT2D eigenvalue weighted by molar-refractivity contribution is -0.908. The minimum Gasteiger partial charge on any atom is -1.00 e. The number of aryl methyl sites for hydroxylation is 1. The van der Waals surface area contributed by atoms with Crippen molar-refractivity contribution in [3.8, 4) is 0 Å². The quantitative estimate of drug-likeness (QED) is 0.318. The van der Waals surface area contributed by atoms with Crippen molar-refractivity contribution in [2.45, 2.75) is 6.92 Å². The van der Waals surface area contributed by atoms with Gasteiger partial charge in [-0.2, -0.15) is 0 Å². The molecule has 0 atom stereocenters. The SMILES string of the molecule is Cc1cccc[n+]1O.[Cl-]. The lowest BCUT2D eigenvalue weighted by Gasteiger charge is -1.83. The largest absolute Gasteiger partial charge is 1.00 e. The molecule has 0 aliphatic heterocycles. The molecule has 1 aromatic rings. The van der Waals surface area contributed by atoms with E-state index in [1.807, 2.05) is 19.1 Å². The summed E-state index contributed by atoms with van der Waals surface area (Å²) < 4.78 is 1.08. The van der Waals surface area contributed by atoms with Crippen LogP contribution in [0.3, 0.4) is 0 Å². The van der Waals surface area contributed by atoms with Crippen LogP contribution in [0.1, 0.15) is 5.69 Å². The Kier molecular flexibility index (Phi) is 3.02. The Labute approximate surface area is 60.1 Å². The van der Waals surface area contributed by atoms with Crippen molar-refractivity contribution in [2.24, 2.45) is 0 Å². The molecule has 2 nitrogen and oxygen atoms in total. The van der Waals surface area contributed by atoms with Gasteiger partial charge in [-0.1, -0.05) is 0 Å². The summed E-state index contributed by atoms with van der Waals surface area (Å²) in [7, 11) is 0. The fourth-order valence-electron chi connectivity index (χ4n) is 0.520. The van der Waals surface area contributed by atoms with Gasteiger partial charge < -0.3 is 12.4 Å². The molecule has 0 spiro atoms. The summed E-state index contributed by atoms with van der Waals surface area (Å²) in [6.45, 7) is 1.83. The van der Waals surface area contributed by atoms with Crippen LogP contribution in [-0.2, 0) is 0 Å². The summed E-state index contributed by atoms with van der Waals surface area (Å²) in [5, 5.41) is 8.84. The number of hydrogen-bond acceptors (Lipinski definition) is 1. The zero-order chi connectivity index (χ0) is 5.98. The molecule has 0 aliphatic rings. The molecule has 0 saturated heterocycles. The van der Waals surface area contributed by atoms with Gasteiger partial charge in [-0.05, 0) is 6.07 Å². The number of hydrogen-bond donors (Lipinski definition) is 1. The average molecular weight is 146 g/mol. The van der Waals surface area contributed by atoms with Gasteiger partial charge in [-0.3, -0.25) is 5.21 Å². The second-order valence-electron chi connectivity index (χ2n) is 1.69. The molecule has 0 saturated carbocycles. The first-order valence-corrected chi connectivity index (χ1v) is 2.47. The molecule has 0 unspecified atom stereocenters. The third-order valence-corrected chi connectivity index (χ3v) is 1.04. The van der Waals surface area contributed by atoms with E-state index in [4.69, 9.17) is 5.21 Å². The maximum absolute atomic E-state index is 8.84. The van der Waals surface area contributed by atoms with Gasteiger partial charge in [-0.15, -0.1) is 0 Å². The van der Waals surface area contributed by atoms with Crippen LogP contribution in [0.15, 0.2) is 24.4 Å². The van der Waals surface area contributed by atoms with Crippen molar-refractivity contribution >= 4 is 0 Å². The van der Waals surface area contributed by atoms with Crippen LogP contribution >= 0.6 is 0 Å². The predicted molar refractivity (Wildman–Crippen MR) is 28.6 cm³/mol. The Morgan fingerprint density at radius 3 is 2.44 bits per heavy atom. The van der Waals surface area contributed by atoms with Crippen LogP contribution in [0.2, 0.25) is 0 Å². The van der Waals surface area contributed by atoms with Crippen molar-refractivity contribution in [3.63, 3.8) is 0 Å². The molecule has 1 N–H and O–H groups in total. The van der Waals surface area contributed by atoms with Crippen LogP contribution in [-0.4, -0.2) is 5.21 Å². The maximum Gasteiger partial charge on any atom is 0.231 e. The molecule has 1 aromatic heterocycles. The van der Waals surface area contributed by atoms with Crippen LogP contribution in [0.5, 0.6) is 0 Å². The highest BCUT2D eigenvalue weighted by Crippen LogP contribution is 1.83. The van der Waals surface area contributed by atoms with Crippen molar-refractivity contribution < 1.29 is 22.3 Å². The van der Waals surface area contributed by atoms with Crippen LogP contribution in [0, 0.1) is 6.92 Å². The second-order valence-corrected chi connectivity index (χ2v) is 1.69. The van der Waals surface area contributed by atoms with E-state index in [2.05, 4.69) is 0 Å². The van der Waals surface area contributed by atoms with Crippen LogP contribution in [0.25, 0.3) is 0 Å². The van der Waals surface area contributed by atoms with Gasteiger partial charge in [0.05, 0.1) is 0 Å². The minimum absolute atomic E-state index is 0. The number of aromatic nitrogens is 1. The summed E-state index contributed by atoms with van der Waals surface area (Å²) in [6.07, 6.45) is 1.59. The molecule has 0 bridgehead atoms. The fourth-order valence-corrected chi connectivity index (χ4v) is 0.520. The van der Waals surface area contributed by atoms with E-state index < -0.39 is 0 Å². The normalized spacial score (nSPS) is 8.11. The van der Waals surface area contributed by atoms with E-state index in [0.717, 1.165) is 10.4 Å². The Bertz CT molecular complexity index is 169. The molecular weight excluding hydrogens is 138 g/mol. The standard InChI is InChI=1S/C6H8NO.ClH/c1-6-4-2-3-5-7(6)8;/h2-5,8H,1H3;1H/q+1;/p-1. The highest BCUT2D eigenvalue weighted by molar-refractivity contribution is 4.93. The molecule has 0 amide bonds. The number of nitrogens with zero attached hydrogens (tertiary/aromatic N) is 1. The summed E-state index contributed by atoms with van der Waals surface area (Å²) >= 11 is 0. The summed E-state index contributed by atoms with van der Waals surface area (Å²) in [5.74, 6) is 0. The Morgan fingerprint density at radius 1 is 1.44 bits per heavy atom. The monoisotopic (exact) mass is 145 g/mol. The van der Waals surface area contributed by atoms with E-state index >= 15 is 0 Å². The maximum atomic E-state index is 8.84. The lowest BCUT2D eigenvalue weighted by atomic mass is 10.4. The third kappa shape index (κ3) is 1.90. The van der Waals surface area contributed by atoms with Crippen molar-refractivity contribution in [2.75, 3.05) is 0 Å². The molecule has 0 fully saturated rings. The summed E-state index contributed by atoms with van der Waals surface area (Å²) in [6, 6.07) is 5.48. The van der Waals surface area contributed by atoms with E-state index in [1.165, 1.54) is 0 Å². The average Bonchev–Trinajstić information content (AvgIpc) is 1.77. The molecule has 0 aliphatic carbocycles. The zero-order valence-corrected chi connectivity index (χ0v) is 5.84. The van der Waals surface area contributed by atoms with E-state index in [0.29, 0.717) is 0 Å². The second kappa shape index (κ2) is 3.30. The van der Waals surface area contributed by atoms with Gasteiger partial charge >= 0.3 is 0 Å². The molecule has 1 rings (SSSR count). The van der Waals surface area contributed by atoms with Gasteiger partial charge in [0.15, 0.2) is 0 Å². The first-order chi connectivity index (χ1) is 3.80. The van der Waals surface area contributed by atoms with Gasteiger partial charge in [0.25, 0.3) is 0 Å². The topological polar surface area (TPSA) is 24.1 Å². The van der Waals surface area contributed by atoms with Gasteiger partial charge in [0.1, 0.15) is 0 Å². The molecule has 50 valence electrons. The fraction of sp³-hybridized carbons (Fsp3) is 0.167. The van der Waals surface area contributed by atoms with E-state index in [9.17, 15) is 0 Å². The number of halogens is 1. The molecule has 0 aromatic carbocycles. The lowest BCUT2D eigenvalue weighted by Crippen LogP contribution is -3.00. The number of rotatable bonds is 0. The highest BCUT2D eigenvalue weighted by Gasteiger charge is 1.96. The molecule has 1 heterocycles. The molecular formula is C6H8ClNO. The molecule has 3 heteroatoms. The summed E-state index contributed by atoms with van der Waals surface area (Å²) in [5.41, 5.74) is 0.840.